The van der Waals surface area contributed by atoms with Gasteiger partial charge >= 0.3 is 0 Å². The highest BCUT2D eigenvalue weighted by Gasteiger charge is 2.15. The Morgan fingerprint density at radius 1 is 0.292 bits per heavy atom. The standard InChI is InChI=1S/C44H34N4/c1-27-17-37(18-28(2)45-27)39-23-40(38-19-29(3)46-30(4)20-38)25-41(24-39)43-26-42(35-15-13-31-9-5-7-11-33(31)21-35)47-44(48-43)36-16-14-32-10-6-8-12-34(32)22-36/h5-26H,1-4H3. The lowest BCUT2D eigenvalue weighted by Crippen LogP contribution is -1.97. The molecule has 3 heterocycles. The quantitative estimate of drug-likeness (QED) is 0.193. The van der Waals surface area contributed by atoms with Crippen LogP contribution in [-0.4, -0.2) is 19.9 Å². The molecular weight excluding hydrogens is 585 g/mol. The summed E-state index contributed by atoms with van der Waals surface area (Å²) < 4.78 is 0. The number of rotatable bonds is 5. The van der Waals surface area contributed by atoms with Crippen molar-refractivity contribution in [3.63, 3.8) is 0 Å². The molecule has 0 aliphatic rings. The van der Waals surface area contributed by atoms with E-state index in [9.17, 15) is 0 Å². The maximum Gasteiger partial charge on any atom is 0.160 e. The molecule has 4 nitrogen and oxygen atoms in total. The molecule has 0 saturated heterocycles. The molecule has 0 radical (unpaired) electrons. The van der Waals surface area contributed by atoms with Gasteiger partial charge in [0.05, 0.1) is 11.4 Å². The zero-order valence-corrected chi connectivity index (χ0v) is 27.5. The van der Waals surface area contributed by atoms with Crippen LogP contribution in [-0.2, 0) is 0 Å². The zero-order valence-electron chi connectivity index (χ0n) is 27.5. The SMILES string of the molecule is Cc1cc(-c2cc(-c3cc(C)nc(C)c3)cc(-c3cc(-c4ccc5ccccc5c4)nc(-c4ccc5ccccc5c4)n3)c2)cc(C)n1. The van der Waals surface area contributed by atoms with E-state index >= 15 is 0 Å². The van der Waals surface area contributed by atoms with Gasteiger partial charge in [-0.15, -0.1) is 0 Å². The van der Waals surface area contributed by atoms with Gasteiger partial charge in [-0.25, -0.2) is 9.97 Å². The molecule has 0 amide bonds. The molecular formula is C44H34N4. The molecule has 0 atom stereocenters. The first-order chi connectivity index (χ1) is 23.3. The van der Waals surface area contributed by atoms with Gasteiger partial charge in [-0.05, 0) is 132 Å². The first kappa shape index (κ1) is 29.4. The summed E-state index contributed by atoms with van der Waals surface area (Å²) in [5, 5.41) is 4.73. The molecule has 0 unspecified atom stereocenters. The smallest absolute Gasteiger partial charge is 0.160 e. The average molecular weight is 619 g/mol. The number of benzene rings is 5. The van der Waals surface area contributed by atoms with Crippen molar-refractivity contribution in [2.24, 2.45) is 0 Å². The molecule has 0 bridgehead atoms. The third-order valence-corrected chi connectivity index (χ3v) is 8.84. The van der Waals surface area contributed by atoms with Gasteiger partial charge < -0.3 is 0 Å². The van der Waals surface area contributed by atoms with Crippen molar-refractivity contribution in [3.8, 4) is 56.2 Å². The van der Waals surface area contributed by atoms with Crippen LogP contribution in [0.4, 0.5) is 0 Å². The molecule has 0 N–H and O–H groups in total. The summed E-state index contributed by atoms with van der Waals surface area (Å²) >= 11 is 0. The highest BCUT2D eigenvalue weighted by Crippen LogP contribution is 2.36. The van der Waals surface area contributed by atoms with E-state index in [1.54, 1.807) is 0 Å². The lowest BCUT2D eigenvalue weighted by atomic mass is 9.94. The Hall–Kier alpha value is -6.00. The third-order valence-electron chi connectivity index (χ3n) is 8.84. The van der Waals surface area contributed by atoms with Crippen molar-refractivity contribution in [1.82, 2.24) is 19.9 Å². The van der Waals surface area contributed by atoms with Gasteiger partial charge in [0.1, 0.15) is 0 Å². The average Bonchev–Trinajstić information content (AvgIpc) is 3.10. The first-order valence-electron chi connectivity index (χ1n) is 16.3. The molecule has 0 spiro atoms. The Kier molecular flexibility index (Phi) is 7.34. The Morgan fingerprint density at radius 3 is 1.21 bits per heavy atom. The molecule has 8 aromatic rings. The number of hydrogen-bond acceptors (Lipinski definition) is 4. The van der Waals surface area contributed by atoms with E-state index in [0.717, 1.165) is 78.5 Å². The van der Waals surface area contributed by atoms with E-state index in [4.69, 9.17) is 9.97 Å². The normalized spacial score (nSPS) is 11.3. The highest BCUT2D eigenvalue weighted by atomic mass is 14.9. The molecule has 3 aromatic heterocycles. The van der Waals surface area contributed by atoms with Crippen LogP contribution < -0.4 is 0 Å². The second-order valence-electron chi connectivity index (χ2n) is 12.7. The summed E-state index contributed by atoms with van der Waals surface area (Å²) in [6, 6.07) is 47.4. The molecule has 0 saturated carbocycles. The summed E-state index contributed by atoms with van der Waals surface area (Å²) in [5.41, 5.74) is 13.3. The molecule has 8 rings (SSSR count). The lowest BCUT2D eigenvalue weighted by Gasteiger charge is -2.14. The van der Waals surface area contributed by atoms with Crippen molar-refractivity contribution in [3.05, 3.63) is 156 Å². The zero-order chi connectivity index (χ0) is 32.8. The van der Waals surface area contributed by atoms with E-state index in [0.29, 0.717) is 5.82 Å². The third kappa shape index (κ3) is 5.85. The van der Waals surface area contributed by atoms with Crippen LogP contribution in [0.5, 0.6) is 0 Å². The molecule has 5 aromatic carbocycles. The summed E-state index contributed by atoms with van der Waals surface area (Å²) in [4.78, 5) is 19.8. The molecule has 48 heavy (non-hydrogen) atoms. The van der Waals surface area contributed by atoms with Gasteiger partial charge in [0.2, 0.25) is 0 Å². The van der Waals surface area contributed by atoms with Crippen LogP contribution in [0.25, 0.3) is 77.7 Å². The van der Waals surface area contributed by atoms with Crippen LogP contribution >= 0.6 is 0 Å². The summed E-state index contributed by atoms with van der Waals surface area (Å²) in [5.74, 6) is 0.694. The van der Waals surface area contributed by atoms with Gasteiger partial charge in [0.25, 0.3) is 0 Å². The van der Waals surface area contributed by atoms with Gasteiger partial charge in [0.15, 0.2) is 5.82 Å². The number of fused-ring (bicyclic) bond motifs is 2. The topological polar surface area (TPSA) is 51.6 Å². The van der Waals surface area contributed by atoms with Crippen molar-refractivity contribution in [2.45, 2.75) is 27.7 Å². The maximum absolute atomic E-state index is 5.27. The first-order valence-corrected chi connectivity index (χ1v) is 16.3. The molecule has 230 valence electrons. The van der Waals surface area contributed by atoms with Gasteiger partial charge in [-0.2, -0.15) is 0 Å². The van der Waals surface area contributed by atoms with Crippen LogP contribution in [0.1, 0.15) is 22.8 Å². The monoisotopic (exact) mass is 618 g/mol. The van der Waals surface area contributed by atoms with E-state index < -0.39 is 0 Å². The summed E-state index contributed by atoms with van der Waals surface area (Å²) in [6.07, 6.45) is 0. The van der Waals surface area contributed by atoms with Crippen molar-refractivity contribution >= 4 is 21.5 Å². The van der Waals surface area contributed by atoms with Crippen LogP contribution in [0.15, 0.2) is 133 Å². The van der Waals surface area contributed by atoms with Crippen LogP contribution in [0.2, 0.25) is 0 Å². The maximum atomic E-state index is 5.27. The van der Waals surface area contributed by atoms with E-state index in [-0.39, 0.29) is 0 Å². The summed E-state index contributed by atoms with van der Waals surface area (Å²) in [6.45, 7) is 8.19. The van der Waals surface area contributed by atoms with Crippen LogP contribution in [0, 0.1) is 27.7 Å². The Balaban J connectivity index is 1.38. The predicted octanol–water partition coefficient (Wildman–Crippen LogP) is 11.1. The number of nitrogens with zero attached hydrogens (tertiary/aromatic N) is 4. The fourth-order valence-electron chi connectivity index (χ4n) is 6.66. The van der Waals surface area contributed by atoms with Crippen molar-refractivity contribution in [2.75, 3.05) is 0 Å². The molecule has 0 aliphatic heterocycles. The number of pyridine rings is 2. The van der Waals surface area contributed by atoms with Crippen LogP contribution in [0.3, 0.4) is 0 Å². The summed E-state index contributed by atoms with van der Waals surface area (Å²) in [7, 11) is 0. The van der Waals surface area contributed by atoms with E-state index in [1.165, 1.54) is 16.2 Å². The molecule has 0 fully saturated rings. The van der Waals surface area contributed by atoms with Gasteiger partial charge in [0, 0.05) is 39.5 Å². The van der Waals surface area contributed by atoms with E-state index in [2.05, 4.69) is 143 Å². The number of aromatic nitrogens is 4. The van der Waals surface area contributed by atoms with Gasteiger partial charge in [-0.3, -0.25) is 9.97 Å². The minimum absolute atomic E-state index is 0.694. The lowest BCUT2D eigenvalue weighted by molar-refractivity contribution is 1.12. The molecule has 0 aliphatic carbocycles. The van der Waals surface area contributed by atoms with Gasteiger partial charge in [-0.1, -0.05) is 72.8 Å². The number of aryl methyl sites for hydroxylation is 4. The predicted molar refractivity (Wildman–Crippen MR) is 199 cm³/mol. The number of hydrogen-bond donors (Lipinski definition) is 0. The van der Waals surface area contributed by atoms with E-state index in [1.807, 2.05) is 27.7 Å². The molecule has 4 heteroatoms. The Labute approximate surface area is 280 Å². The second-order valence-corrected chi connectivity index (χ2v) is 12.7. The fourth-order valence-corrected chi connectivity index (χ4v) is 6.66. The largest absolute Gasteiger partial charge is 0.258 e. The van der Waals surface area contributed by atoms with Crippen molar-refractivity contribution in [1.29, 1.82) is 0 Å². The minimum Gasteiger partial charge on any atom is -0.258 e. The van der Waals surface area contributed by atoms with Crippen molar-refractivity contribution < 1.29 is 0 Å². The highest BCUT2D eigenvalue weighted by molar-refractivity contribution is 5.89. The Bertz CT molecular complexity index is 2310. The minimum atomic E-state index is 0.694. The fraction of sp³-hybridized carbons (Fsp3) is 0.0909. The second kappa shape index (κ2) is 12.0. The Morgan fingerprint density at radius 2 is 0.688 bits per heavy atom.